The predicted molar refractivity (Wildman–Crippen MR) is 77.8 cm³/mol. The molecule has 20 heavy (non-hydrogen) atoms. The maximum absolute atomic E-state index is 12.0. The fourth-order valence-corrected chi connectivity index (χ4v) is 1.52. The maximum Gasteiger partial charge on any atom is 0.253 e. The molecule has 0 spiro atoms. The molecule has 2 amide bonds. The minimum absolute atomic E-state index is 0.190. The molecule has 0 aromatic heterocycles. The monoisotopic (exact) mass is 279 g/mol. The third-order valence-corrected chi connectivity index (χ3v) is 2.85. The second-order valence-corrected chi connectivity index (χ2v) is 4.29. The van der Waals surface area contributed by atoms with Gasteiger partial charge in [0.15, 0.2) is 0 Å². The van der Waals surface area contributed by atoms with Crippen LogP contribution in [0.15, 0.2) is 24.3 Å². The lowest BCUT2D eigenvalue weighted by Crippen LogP contribution is -2.36. The number of ether oxygens (including phenoxy) is 1. The Morgan fingerprint density at radius 1 is 1.30 bits per heavy atom. The number of likely N-dealkylation sites (N-methyl/N-ethyl adjacent to an activating group) is 1. The van der Waals surface area contributed by atoms with Crippen LogP contribution in [0.5, 0.6) is 0 Å². The Balaban J connectivity index is 2.77. The lowest BCUT2D eigenvalue weighted by molar-refractivity contribution is -0.117. The van der Waals surface area contributed by atoms with Crippen LogP contribution in [-0.4, -0.2) is 45.2 Å². The number of para-hydroxylation sites is 1. The molecule has 0 saturated heterocycles. The lowest BCUT2D eigenvalue weighted by atomic mass is 10.1. The van der Waals surface area contributed by atoms with Crippen molar-refractivity contribution in [2.75, 3.05) is 32.6 Å². The van der Waals surface area contributed by atoms with Crippen LogP contribution >= 0.6 is 0 Å². The van der Waals surface area contributed by atoms with E-state index in [4.69, 9.17) is 4.74 Å². The normalized spacial score (nSPS) is 11.8. The molecule has 6 nitrogen and oxygen atoms in total. The van der Waals surface area contributed by atoms with E-state index in [-0.39, 0.29) is 17.9 Å². The molecule has 1 atom stereocenters. The fraction of sp³-hybridized carbons (Fsp3) is 0.429. The number of hydrogen-bond acceptors (Lipinski definition) is 4. The molecular formula is C14H21N3O3. The number of hydrogen-bond donors (Lipinski definition) is 3. The number of anilines is 1. The Kier molecular flexibility index (Phi) is 6.69. The van der Waals surface area contributed by atoms with Gasteiger partial charge in [-0.05, 0) is 26.1 Å². The van der Waals surface area contributed by atoms with Crippen molar-refractivity contribution in [1.29, 1.82) is 0 Å². The molecule has 0 radical (unpaired) electrons. The summed E-state index contributed by atoms with van der Waals surface area (Å²) in [6, 6.07) is 6.56. The van der Waals surface area contributed by atoms with Crippen LogP contribution in [0.2, 0.25) is 0 Å². The van der Waals surface area contributed by atoms with E-state index in [0.717, 1.165) is 0 Å². The SMILES string of the molecule is CNC(C)C(=O)Nc1ccccc1C(=O)NCCOC. The summed E-state index contributed by atoms with van der Waals surface area (Å²) in [5, 5.41) is 8.31. The minimum atomic E-state index is -0.334. The zero-order valence-corrected chi connectivity index (χ0v) is 12.0. The quantitative estimate of drug-likeness (QED) is 0.639. The molecule has 1 unspecified atom stereocenters. The van der Waals surface area contributed by atoms with Crippen molar-refractivity contribution in [2.45, 2.75) is 13.0 Å². The van der Waals surface area contributed by atoms with Crippen LogP contribution in [0.25, 0.3) is 0 Å². The van der Waals surface area contributed by atoms with Crippen molar-refractivity contribution in [2.24, 2.45) is 0 Å². The van der Waals surface area contributed by atoms with Crippen LogP contribution in [0.3, 0.4) is 0 Å². The first kappa shape index (κ1) is 16.1. The number of methoxy groups -OCH3 is 1. The van der Waals surface area contributed by atoms with Gasteiger partial charge in [0, 0.05) is 13.7 Å². The van der Waals surface area contributed by atoms with Gasteiger partial charge in [-0.3, -0.25) is 9.59 Å². The number of rotatable bonds is 7. The molecule has 0 bridgehead atoms. The summed E-state index contributed by atoms with van der Waals surface area (Å²) >= 11 is 0. The second kappa shape index (κ2) is 8.29. The highest BCUT2D eigenvalue weighted by atomic mass is 16.5. The van der Waals surface area contributed by atoms with E-state index in [0.29, 0.717) is 24.4 Å². The summed E-state index contributed by atoms with van der Waals surface area (Å²) in [4.78, 5) is 23.9. The topological polar surface area (TPSA) is 79.5 Å². The lowest BCUT2D eigenvalue weighted by Gasteiger charge is -2.14. The van der Waals surface area contributed by atoms with E-state index in [9.17, 15) is 9.59 Å². The standard InChI is InChI=1S/C14H21N3O3/c1-10(15-2)13(18)17-12-7-5-4-6-11(12)14(19)16-8-9-20-3/h4-7,10,15H,8-9H2,1-3H3,(H,16,19)(H,17,18). The average Bonchev–Trinajstić information content (AvgIpc) is 2.47. The Labute approximate surface area is 118 Å². The molecule has 1 rings (SSSR count). The predicted octanol–water partition coefficient (Wildman–Crippen LogP) is 0.609. The maximum atomic E-state index is 12.0. The van der Waals surface area contributed by atoms with Gasteiger partial charge in [0.25, 0.3) is 5.91 Å². The highest BCUT2D eigenvalue weighted by Crippen LogP contribution is 2.15. The largest absolute Gasteiger partial charge is 0.383 e. The Morgan fingerprint density at radius 2 is 2.00 bits per heavy atom. The number of amides is 2. The summed E-state index contributed by atoms with van der Waals surface area (Å²) in [6.07, 6.45) is 0. The number of nitrogens with one attached hydrogen (secondary N) is 3. The van der Waals surface area contributed by atoms with Gasteiger partial charge in [-0.15, -0.1) is 0 Å². The van der Waals surface area contributed by atoms with E-state index in [1.54, 1.807) is 45.3 Å². The summed E-state index contributed by atoms with van der Waals surface area (Å²) in [6.45, 7) is 2.61. The Bertz CT molecular complexity index is 463. The second-order valence-electron chi connectivity index (χ2n) is 4.29. The highest BCUT2D eigenvalue weighted by Gasteiger charge is 2.15. The van der Waals surface area contributed by atoms with Gasteiger partial charge in [-0.25, -0.2) is 0 Å². The van der Waals surface area contributed by atoms with E-state index in [1.807, 2.05) is 0 Å². The van der Waals surface area contributed by atoms with Gasteiger partial charge >= 0.3 is 0 Å². The molecule has 1 aromatic rings. The number of carbonyl (C=O) groups is 2. The van der Waals surface area contributed by atoms with Crippen molar-refractivity contribution in [3.63, 3.8) is 0 Å². The van der Waals surface area contributed by atoms with Gasteiger partial charge in [-0.1, -0.05) is 12.1 Å². The molecule has 0 fully saturated rings. The molecule has 6 heteroatoms. The molecule has 0 aliphatic rings. The average molecular weight is 279 g/mol. The van der Waals surface area contributed by atoms with Crippen molar-refractivity contribution in [1.82, 2.24) is 10.6 Å². The zero-order chi connectivity index (χ0) is 15.0. The first-order valence-corrected chi connectivity index (χ1v) is 6.44. The van der Waals surface area contributed by atoms with E-state index < -0.39 is 0 Å². The molecule has 110 valence electrons. The number of carbonyl (C=O) groups excluding carboxylic acids is 2. The third kappa shape index (κ3) is 4.64. The molecular weight excluding hydrogens is 258 g/mol. The fourth-order valence-electron chi connectivity index (χ4n) is 1.52. The summed E-state index contributed by atoms with van der Waals surface area (Å²) in [5.41, 5.74) is 0.926. The zero-order valence-electron chi connectivity index (χ0n) is 12.0. The highest BCUT2D eigenvalue weighted by molar-refractivity contribution is 6.04. The minimum Gasteiger partial charge on any atom is -0.383 e. The Hall–Kier alpha value is -1.92. The van der Waals surface area contributed by atoms with E-state index in [1.165, 1.54) is 0 Å². The van der Waals surface area contributed by atoms with Crippen LogP contribution in [0.1, 0.15) is 17.3 Å². The summed E-state index contributed by atoms with van der Waals surface area (Å²) < 4.78 is 4.88. The van der Waals surface area contributed by atoms with Gasteiger partial charge in [-0.2, -0.15) is 0 Å². The van der Waals surface area contributed by atoms with Crippen LogP contribution in [0.4, 0.5) is 5.69 Å². The van der Waals surface area contributed by atoms with Crippen LogP contribution in [0, 0.1) is 0 Å². The third-order valence-electron chi connectivity index (χ3n) is 2.85. The molecule has 0 aliphatic heterocycles. The summed E-state index contributed by atoms with van der Waals surface area (Å²) in [7, 11) is 3.27. The van der Waals surface area contributed by atoms with Gasteiger partial charge in [0.1, 0.15) is 0 Å². The van der Waals surface area contributed by atoms with Gasteiger partial charge in [0.2, 0.25) is 5.91 Å². The molecule has 0 aliphatic carbocycles. The van der Waals surface area contributed by atoms with Crippen molar-refractivity contribution >= 4 is 17.5 Å². The van der Waals surface area contributed by atoms with Crippen LogP contribution in [-0.2, 0) is 9.53 Å². The Morgan fingerprint density at radius 3 is 2.65 bits per heavy atom. The molecule has 3 N–H and O–H groups in total. The first-order valence-electron chi connectivity index (χ1n) is 6.44. The van der Waals surface area contributed by atoms with E-state index in [2.05, 4.69) is 16.0 Å². The van der Waals surface area contributed by atoms with Crippen molar-refractivity contribution in [3.05, 3.63) is 29.8 Å². The summed E-state index contributed by atoms with van der Waals surface area (Å²) in [5.74, 6) is -0.431. The molecule has 0 heterocycles. The van der Waals surface area contributed by atoms with Crippen molar-refractivity contribution < 1.29 is 14.3 Å². The first-order chi connectivity index (χ1) is 9.60. The van der Waals surface area contributed by atoms with Gasteiger partial charge < -0.3 is 20.7 Å². The van der Waals surface area contributed by atoms with Crippen LogP contribution < -0.4 is 16.0 Å². The molecule has 0 saturated carbocycles. The van der Waals surface area contributed by atoms with Gasteiger partial charge in [0.05, 0.1) is 23.9 Å². The van der Waals surface area contributed by atoms with E-state index >= 15 is 0 Å². The number of benzene rings is 1. The smallest absolute Gasteiger partial charge is 0.253 e. The molecule has 1 aromatic carbocycles. The van der Waals surface area contributed by atoms with Crippen molar-refractivity contribution in [3.8, 4) is 0 Å².